The van der Waals surface area contributed by atoms with E-state index >= 15 is 0 Å². The van der Waals surface area contributed by atoms with Gasteiger partial charge in [-0.3, -0.25) is 0 Å². The van der Waals surface area contributed by atoms with E-state index in [4.69, 9.17) is 9.88 Å². The molecule has 0 unspecified atom stereocenters. The van der Waals surface area contributed by atoms with Crippen LogP contribution >= 0.6 is 0 Å². The van der Waals surface area contributed by atoms with E-state index < -0.39 is 21.9 Å². The van der Waals surface area contributed by atoms with Crippen molar-refractivity contribution in [3.05, 3.63) is 36.0 Å². The molecule has 22 heavy (non-hydrogen) atoms. The first-order valence-corrected chi connectivity index (χ1v) is 7.61. The summed E-state index contributed by atoms with van der Waals surface area (Å²) in [6.45, 7) is 1.77. The van der Waals surface area contributed by atoms with Crippen molar-refractivity contribution in [2.24, 2.45) is 5.14 Å². The van der Waals surface area contributed by atoms with E-state index in [0.29, 0.717) is 0 Å². The normalized spacial score (nSPS) is 12.4. The summed E-state index contributed by atoms with van der Waals surface area (Å²) in [6.07, 6.45) is -4.61. The number of ether oxygens (including phenoxy) is 1. The zero-order chi connectivity index (χ0) is 16.5. The average molecular weight is 335 g/mol. The lowest BCUT2D eigenvalue weighted by molar-refractivity contribution is -0.141. The quantitative estimate of drug-likeness (QED) is 0.925. The lowest BCUT2D eigenvalue weighted by Crippen LogP contribution is -2.12. The molecule has 0 aliphatic heterocycles. The number of benzene rings is 1. The van der Waals surface area contributed by atoms with Gasteiger partial charge < -0.3 is 4.74 Å². The Balaban J connectivity index is 2.49. The van der Waals surface area contributed by atoms with Crippen molar-refractivity contribution in [1.29, 1.82) is 0 Å². The van der Waals surface area contributed by atoms with Crippen molar-refractivity contribution in [1.82, 2.24) is 9.78 Å². The molecule has 2 N–H and O–H groups in total. The Morgan fingerprint density at radius 1 is 1.27 bits per heavy atom. The van der Waals surface area contributed by atoms with Crippen LogP contribution in [0.3, 0.4) is 0 Å². The maximum Gasteiger partial charge on any atom is 0.435 e. The number of nitrogens with two attached hydrogens (primary N) is 1. The molecule has 0 radical (unpaired) electrons. The summed E-state index contributed by atoms with van der Waals surface area (Å²) in [5, 5.41) is 8.41. The predicted molar refractivity (Wildman–Crippen MR) is 71.1 cm³/mol. The lowest BCUT2D eigenvalue weighted by atomic mass is 10.3. The van der Waals surface area contributed by atoms with Crippen LogP contribution in [0.2, 0.25) is 0 Å². The fourth-order valence-corrected chi connectivity index (χ4v) is 2.23. The van der Waals surface area contributed by atoms with Gasteiger partial charge in [-0.2, -0.15) is 18.3 Å². The Morgan fingerprint density at radius 3 is 2.32 bits per heavy atom. The maximum atomic E-state index is 12.7. The van der Waals surface area contributed by atoms with Gasteiger partial charge in [0.05, 0.1) is 17.2 Å². The van der Waals surface area contributed by atoms with Crippen LogP contribution in [0.15, 0.2) is 35.2 Å². The third-order valence-electron chi connectivity index (χ3n) is 2.67. The van der Waals surface area contributed by atoms with Gasteiger partial charge in [0.25, 0.3) is 0 Å². The van der Waals surface area contributed by atoms with Gasteiger partial charge in [-0.1, -0.05) is 0 Å². The van der Waals surface area contributed by atoms with E-state index in [1.165, 1.54) is 24.3 Å². The summed E-state index contributed by atoms with van der Waals surface area (Å²) in [5.41, 5.74) is -0.891. The molecular weight excluding hydrogens is 323 g/mol. The molecule has 0 aliphatic carbocycles. The minimum absolute atomic E-state index is 0.0989. The van der Waals surface area contributed by atoms with Gasteiger partial charge in [0.2, 0.25) is 15.9 Å². The molecule has 0 spiro atoms. The summed E-state index contributed by atoms with van der Waals surface area (Å²) in [4.78, 5) is -0.155. The minimum Gasteiger partial charge on any atom is -0.478 e. The van der Waals surface area contributed by atoms with E-state index in [1.807, 2.05) is 0 Å². The topological polar surface area (TPSA) is 87.2 Å². The third-order valence-corrected chi connectivity index (χ3v) is 3.60. The average Bonchev–Trinajstić information content (AvgIpc) is 2.82. The number of halogens is 3. The van der Waals surface area contributed by atoms with Crippen LogP contribution in [0.4, 0.5) is 13.2 Å². The lowest BCUT2D eigenvalue weighted by Gasteiger charge is -2.08. The largest absolute Gasteiger partial charge is 0.478 e. The van der Waals surface area contributed by atoms with Gasteiger partial charge in [-0.25, -0.2) is 18.2 Å². The predicted octanol–water partition coefficient (Wildman–Crippen LogP) is 1.94. The SMILES string of the molecule is CCOc1cc(C(F)(F)F)nn1-c1ccc(S(N)(=O)=O)cc1. The number of hydrogen-bond donors (Lipinski definition) is 1. The molecule has 0 fully saturated rings. The number of primary sulfonamides is 1. The third kappa shape index (κ3) is 3.39. The standard InChI is InChI=1S/C12H12F3N3O3S/c1-2-21-11-7-10(12(13,14)15)17-18(11)8-3-5-9(6-4-8)22(16,19)20/h3-7H,2H2,1H3,(H2,16,19,20). The monoisotopic (exact) mass is 335 g/mol. The van der Waals surface area contributed by atoms with E-state index in [2.05, 4.69) is 5.10 Å². The Kier molecular flexibility index (Phi) is 4.16. The molecule has 6 nitrogen and oxygen atoms in total. The first-order chi connectivity index (χ1) is 10.1. The molecule has 1 aromatic carbocycles. The Hall–Kier alpha value is -2.07. The fourth-order valence-electron chi connectivity index (χ4n) is 1.72. The van der Waals surface area contributed by atoms with E-state index in [-0.39, 0.29) is 23.1 Å². The number of aromatic nitrogens is 2. The second-order valence-corrected chi connectivity index (χ2v) is 5.81. The van der Waals surface area contributed by atoms with E-state index in [9.17, 15) is 21.6 Å². The highest BCUT2D eigenvalue weighted by atomic mass is 32.2. The van der Waals surface area contributed by atoms with E-state index in [0.717, 1.165) is 10.7 Å². The van der Waals surface area contributed by atoms with Gasteiger partial charge in [0, 0.05) is 6.07 Å². The Labute approximate surface area is 124 Å². The number of hydrogen-bond acceptors (Lipinski definition) is 4. The Morgan fingerprint density at radius 2 is 1.86 bits per heavy atom. The zero-order valence-corrected chi connectivity index (χ0v) is 12.1. The Bertz CT molecular complexity index is 767. The molecular formula is C12H12F3N3O3S. The molecule has 2 aromatic rings. The van der Waals surface area contributed by atoms with Crippen LogP contribution in [-0.4, -0.2) is 24.8 Å². The van der Waals surface area contributed by atoms with Crippen molar-refractivity contribution in [2.45, 2.75) is 18.0 Å². The van der Waals surface area contributed by atoms with Gasteiger partial charge in [0.15, 0.2) is 5.69 Å². The first kappa shape index (κ1) is 16.3. The molecule has 120 valence electrons. The number of rotatable bonds is 4. The van der Waals surface area contributed by atoms with Crippen molar-refractivity contribution < 1.29 is 26.3 Å². The zero-order valence-electron chi connectivity index (χ0n) is 11.3. The van der Waals surface area contributed by atoms with Crippen molar-refractivity contribution in [3.63, 3.8) is 0 Å². The second kappa shape index (κ2) is 5.61. The molecule has 10 heteroatoms. The molecule has 0 saturated heterocycles. The highest BCUT2D eigenvalue weighted by Crippen LogP contribution is 2.32. The van der Waals surface area contributed by atoms with Crippen LogP contribution < -0.4 is 9.88 Å². The number of sulfonamides is 1. The van der Waals surface area contributed by atoms with Crippen LogP contribution in [-0.2, 0) is 16.2 Å². The van der Waals surface area contributed by atoms with Gasteiger partial charge in [-0.15, -0.1) is 0 Å². The molecule has 2 rings (SSSR count). The first-order valence-electron chi connectivity index (χ1n) is 6.06. The van der Waals surface area contributed by atoms with Crippen molar-refractivity contribution in [3.8, 4) is 11.6 Å². The minimum atomic E-state index is -4.61. The van der Waals surface area contributed by atoms with Crippen LogP contribution in [0.25, 0.3) is 5.69 Å². The highest BCUT2D eigenvalue weighted by Gasteiger charge is 2.35. The van der Waals surface area contributed by atoms with Gasteiger partial charge in [-0.05, 0) is 31.2 Å². The summed E-state index contributed by atoms with van der Waals surface area (Å²) in [6, 6.07) is 5.70. The van der Waals surface area contributed by atoms with Gasteiger partial charge >= 0.3 is 6.18 Å². The highest BCUT2D eigenvalue weighted by molar-refractivity contribution is 7.89. The maximum absolute atomic E-state index is 12.7. The molecule has 1 heterocycles. The smallest absolute Gasteiger partial charge is 0.435 e. The van der Waals surface area contributed by atoms with Crippen LogP contribution in [0.1, 0.15) is 12.6 Å². The molecule has 0 aliphatic rings. The van der Waals surface area contributed by atoms with Crippen LogP contribution in [0, 0.1) is 0 Å². The second-order valence-electron chi connectivity index (χ2n) is 4.25. The molecule has 0 bridgehead atoms. The summed E-state index contributed by atoms with van der Waals surface area (Å²) >= 11 is 0. The number of nitrogens with zero attached hydrogens (tertiary/aromatic N) is 2. The molecule has 1 aromatic heterocycles. The van der Waals surface area contributed by atoms with Crippen molar-refractivity contribution >= 4 is 10.0 Å². The summed E-state index contributed by atoms with van der Waals surface area (Å²) in [5.74, 6) is -0.0989. The van der Waals surface area contributed by atoms with Crippen LogP contribution in [0.5, 0.6) is 5.88 Å². The molecule has 0 atom stereocenters. The molecule has 0 saturated carbocycles. The van der Waals surface area contributed by atoms with Gasteiger partial charge in [0.1, 0.15) is 0 Å². The molecule has 0 amide bonds. The van der Waals surface area contributed by atoms with Crippen molar-refractivity contribution in [2.75, 3.05) is 6.61 Å². The summed E-state index contributed by atoms with van der Waals surface area (Å²) < 4.78 is 66.6. The van der Waals surface area contributed by atoms with E-state index in [1.54, 1.807) is 6.92 Å². The fraction of sp³-hybridized carbons (Fsp3) is 0.250. The summed E-state index contributed by atoms with van der Waals surface area (Å²) in [7, 11) is -3.88. The number of alkyl halides is 3.